The molecular weight excluding hydrogens is 335 g/mol. The van der Waals surface area contributed by atoms with Gasteiger partial charge in [0.1, 0.15) is 10.7 Å². The summed E-state index contributed by atoms with van der Waals surface area (Å²) in [6, 6.07) is 2.03. The number of allylic oxidation sites excluding steroid dienone is 1. The van der Waals surface area contributed by atoms with E-state index in [1.54, 1.807) is 0 Å². The SMILES string of the molecule is C=CCC1(C(=O)O)CN(S(=O)(=O)c2cc(C(F)F)ccc2F)C1. The molecular formula is C14H14F3NO4S. The fourth-order valence-corrected chi connectivity index (χ4v) is 4.13. The van der Waals surface area contributed by atoms with Gasteiger partial charge < -0.3 is 5.11 Å². The largest absolute Gasteiger partial charge is 0.481 e. The van der Waals surface area contributed by atoms with Crippen LogP contribution in [-0.2, 0) is 14.8 Å². The van der Waals surface area contributed by atoms with Crippen LogP contribution >= 0.6 is 0 Å². The summed E-state index contributed by atoms with van der Waals surface area (Å²) in [5.74, 6) is -2.35. The average molecular weight is 349 g/mol. The first kappa shape index (κ1) is 17.5. The van der Waals surface area contributed by atoms with Crippen molar-refractivity contribution in [3.63, 3.8) is 0 Å². The lowest BCUT2D eigenvalue weighted by molar-refractivity contribution is -0.155. The molecule has 1 aliphatic rings. The van der Waals surface area contributed by atoms with Gasteiger partial charge in [0, 0.05) is 18.7 Å². The van der Waals surface area contributed by atoms with Crippen molar-refractivity contribution in [2.24, 2.45) is 5.41 Å². The van der Waals surface area contributed by atoms with E-state index in [2.05, 4.69) is 6.58 Å². The molecule has 1 saturated heterocycles. The minimum absolute atomic E-state index is 0.0495. The highest BCUT2D eigenvalue weighted by atomic mass is 32.2. The van der Waals surface area contributed by atoms with Crippen molar-refractivity contribution in [3.05, 3.63) is 42.2 Å². The molecule has 0 aliphatic carbocycles. The highest BCUT2D eigenvalue weighted by Gasteiger charge is 2.53. The number of carboxylic acid groups (broad SMARTS) is 1. The van der Waals surface area contributed by atoms with E-state index in [1.807, 2.05) is 0 Å². The van der Waals surface area contributed by atoms with E-state index >= 15 is 0 Å². The van der Waals surface area contributed by atoms with E-state index in [1.165, 1.54) is 6.08 Å². The number of carboxylic acids is 1. The van der Waals surface area contributed by atoms with E-state index in [0.29, 0.717) is 12.1 Å². The third kappa shape index (κ3) is 2.98. The van der Waals surface area contributed by atoms with Crippen molar-refractivity contribution in [1.29, 1.82) is 0 Å². The van der Waals surface area contributed by atoms with E-state index in [0.717, 1.165) is 10.4 Å². The molecule has 126 valence electrons. The third-order valence-electron chi connectivity index (χ3n) is 3.77. The Labute approximate surface area is 131 Å². The molecule has 1 aliphatic heterocycles. The minimum Gasteiger partial charge on any atom is -0.481 e. The summed E-state index contributed by atoms with van der Waals surface area (Å²) in [6.07, 6.45) is -1.54. The molecule has 0 amide bonds. The maximum Gasteiger partial charge on any atom is 0.312 e. The molecule has 0 aromatic heterocycles. The molecule has 23 heavy (non-hydrogen) atoms. The quantitative estimate of drug-likeness (QED) is 0.801. The molecule has 5 nitrogen and oxygen atoms in total. The minimum atomic E-state index is -4.38. The maximum atomic E-state index is 13.8. The predicted octanol–water partition coefficient (Wildman–Crippen LogP) is 2.41. The van der Waals surface area contributed by atoms with Gasteiger partial charge in [-0.25, -0.2) is 21.6 Å². The zero-order chi connectivity index (χ0) is 17.4. The highest BCUT2D eigenvalue weighted by molar-refractivity contribution is 7.89. The van der Waals surface area contributed by atoms with E-state index < -0.39 is 44.1 Å². The third-order valence-corrected chi connectivity index (χ3v) is 5.58. The monoisotopic (exact) mass is 349 g/mol. The zero-order valence-electron chi connectivity index (χ0n) is 11.9. The molecule has 0 saturated carbocycles. The van der Waals surface area contributed by atoms with Crippen molar-refractivity contribution >= 4 is 16.0 Å². The number of halogens is 3. The van der Waals surface area contributed by atoms with E-state index in [9.17, 15) is 31.5 Å². The van der Waals surface area contributed by atoms with E-state index in [4.69, 9.17) is 0 Å². The van der Waals surface area contributed by atoms with E-state index in [-0.39, 0.29) is 19.5 Å². The summed E-state index contributed by atoms with van der Waals surface area (Å²) >= 11 is 0. The zero-order valence-corrected chi connectivity index (χ0v) is 12.7. The van der Waals surface area contributed by atoms with Gasteiger partial charge in [0.15, 0.2) is 0 Å². The smallest absolute Gasteiger partial charge is 0.312 e. The van der Waals surface area contributed by atoms with Gasteiger partial charge in [0.25, 0.3) is 6.43 Å². The van der Waals surface area contributed by atoms with Crippen molar-refractivity contribution in [1.82, 2.24) is 4.31 Å². The lowest BCUT2D eigenvalue weighted by Crippen LogP contribution is -2.61. The van der Waals surface area contributed by atoms with Crippen LogP contribution in [0.2, 0.25) is 0 Å². The Morgan fingerprint density at radius 1 is 1.43 bits per heavy atom. The molecule has 0 bridgehead atoms. The van der Waals surface area contributed by atoms with Gasteiger partial charge >= 0.3 is 5.97 Å². The molecule has 0 radical (unpaired) electrons. The summed E-state index contributed by atoms with van der Waals surface area (Å²) < 4.78 is 64.6. The molecule has 1 N–H and O–H groups in total. The average Bonchev–Trinajstić information content (AvgIpc) is 2.41. The Balaban J connectivity index is 2.33. The number of hydrogen-bond acceptors (Lipinski definition) is 3. The van der Waals surface area contributed by atoms with Crippen LogP contribution in [0.15, 0.2) is 35.7 Å². The number of carbonyl (C=O) groups is 1. The van der Waals surface area contributed by atoms with Gasteiger partial charge in [-0.3, -0.25) is 4.79 Å². The molecule has 1 aromatic rings. The summed E-state index contributed by atoms with van der Waals surface area (Å²) in [7, 11) is -4.38. The number of benzene rings is 1. The number of hydrogen-bond donors (Lipinski definition) is 1. The van der Waals surface area contributed by atoms with Crippen molar-refractivity contribution in [2.45, 2.75) is 17.7 Å². The summed E-state index contributed by atoms with van der Waals surface area (Å²) in [5, 5.41) is 9.20. The lowest BCUT2D eigenvalue weighted by atomic mass is 9.79. The molecule has 1 aromatic carbocycles. The second-order valence-electron chi connectivity index (χ2n) is 5.34. The Kier molecular flexibility index (Phi) is 4.54. The van der Waals surface area contributed by atoms with Crippen LogP contribution in [0, 0.1) is 11.2 Å². The second kappa shape index (κ2) is 5.97. The second-order valence-corrected chi connectivity index (χ2v) is 7.25. The van der Waals surface area contributed by atoms with Crippen LogP contribution in [0.3, 0.4) is 0 Å². The predicted molar refractivity (Wildman–Crippen MR) is 75.0 cm³/mol. The first-order valence-corrected chi connectivity index (χ1v) is 8.00. The first-order chi connectivity index (χ1) is 10.6. The Hall–Kier alpha value is -1.87. The molecule has 0 spiro atoms. The van der Waals surface area contributed by atoms with Gasteiger partial charge in [-0.05, 0) is 18.6 Å². The van der Waals surface area contributed by atoms with Crippen molar-refractivity contribution < 1.29 is 31.5 Å². The van der Waals surface area contributed by atoms with Gasteiger partial charge in [-0.1, -0.05) is 12.1 Å². The fourth-order valence-electron chi connectivity index (χ4n) is 2.42. The lowest BCUT2D eigenvalue weighted by Gasteiger charge is -2.45. The number of sulfonamides is 1. The summed E-state index contributed by atoms with van der Waals surface area (Å²) in [6.45, 7) is 2.69. The van der Waals surface area contributed by atoms with Crippen LogP contribution in [0.1, 0.15) is 18.4 Å². The van der Waals surface area contributed by atoms with Crippen molar-refractivity contribution in [2.75, 3.05) is 13.1 Å². The maximum absolute atomic E-state index is 13.8. The van der Waals surface area contributed by atoms with Gasteiger partial charge in [-0.2, -0.15) is 4.31 Å². The standard InChI is InChI=1S/C14H14F3NO4S/c1-2-5-14(13(19)20)7-18(8-14)23(21,22)11-6-9(12(16)17)3-4-10(11)15/h2-4,6,12H,1,5,7-8H2,(H,19,20). The number of alkyl halides is 2. The molecule has 0 atom stereocenters. The van der Waals surface area contributed by atoms with Crippen molar-refractivity contribution in [3.8, 4) is 0 Å². The Bertz CT molecular complexity index is 742. The van der Waals surface area contributed by atoms with Crippen LogP contribution in [0.4, 0.5) is 13.2 Å². The first-order valence-electron chi connectivity index (χ1n) is 6.56. The molecule has 1 fully saturated rings. The Morgan fingerprint density at radius 3 is 2.52 bits per heavy atom. The molecule has 0 unspecified atom stereocenters. The molecule has 2 rings (SSSR count). The fraction of sp³-hybridized carbons (Fsp3) is 0.357. The van der Waals surface area contributed by atoms with Crippen LogP contribution in [0.5, 0.6) is 0 Å². The number of aliphatic carboxylic acids is 1. The summed E-state index contributed by atoms with van der Waals surface area (Å²) in [4.78, 5) is 10.4. The van der Waals surface area contributed by atoms with Gasteiger partial charge in [0.2, 0.25) is 10.0 Å². The molecule has 9 heteroatoms. The molecule has 1 heterocycles. The van der Waals surface area contributed by atoms with Crippen LogP contribution in [-0.4, -0.2) is 36.9 Å². The normalized spacial score (nSPS) is 17.7. The van der Waals surface area contributed by atoms with Crippen LogP contribution < -0.4 is 0 Å². The summed E-state index contributed by atoms with van der Waals surface area (Å²) in [5.41, 5.74) is -1.94. The number of rotatable bonds is 6. The Morgan fingerprint density at radius 2 is 2.04 bits per heavy atom. The highest BCUT2D eigenvalue weighted by Crippen LogP contribution is 2.39. The van der Waals surface area contributed by atoms with Crippen LogP contribution in [0.25, 0.3) is 0 Å². The van der Waals surface area contributed by atoms with Gasteiger partial charge in [-0.15, -0.1) is 6.58 Å². The number of nitrogens with zero attached hydrogens (tertiary/aromatic N) is 1. The van der Waals surface area contributed by atoms with Gasteiger partial charge in [0.05, 0.1) is 5.41 Å². The topological polar surface area (TPSA) is 74.7 Å².